The highest BCUT2D eigenvalue weighted by Crippen LogP contribution is 2.19. The average molecular weight is 328 g/mol. The average Bonchev–Trinajstić information content (AvgIpc) is 2.81. The number of nitrogens with zero attached hydrogens (tertiary/aromatic N) is 1. The molecule has 1 heterocycles. The minimum absolute atomic E-state index is 0.0257. The first-order valence-electron chi connectivity index (χ1n) is 5.89. The molecule has 0 radical (unpaired) electrons. The summed E-state index contributed by atoms with van der Waals surface area (Å²) in [5, 5.41) is 6.49. The third-order valence-corrected chi connectivity index (χ3v) is 4.55. The van der Waals surface area contributed by atoms with E-state index in [1.807, 2.05) is 0 Å². The van der Waals surface area contributed by atoms with Crippen molar-refractivity contribution in [2.75, 3.05) is 0 Å². The lowest BCUT2D eigenvalue weighted by Crippen LogP contribution is -2.27. The highest BCUT2D eigenvalue weighted by atomic mass is 32.2. The Kier molecular flexibility index (Phi) is 4.35. The van der Waals surface area contributed by atoms with Crippen molar-refractivity contribution in [2.45, 2.75) is 18.4 Å². The normalized spacial score (nSPS) is 11.5. The molecule has 1 aromatic carbocycles. The van der Waals surface area contributed by atoms with Gasteiger partial charge in [-0.3, -0.25) is 5.10 Å². The van der Waals surface area contributed by atoms with Crippen LogP contribution in [-0.2, 0) is 16.6 Å². The maximum Gasteiger partial charge on any atom is 0.241 e. The van der Waals surface area contributed by atoms with Gasteiger partial charge in [0.25, 0.3) is 0 Å². The molecule has 9 heteroatoms. The van der Waals surface area contributed by atoms with Crippen molar-refractivity contribution < 1.29 is 12.8 Å². The first-order valence-corrected chi connectivity index (χ1v) is 7.79. The number of benzene rings is 1. The molecule has 2 rings (SSSR count). The minimum atomic E-state index is -3.95. The van der Waals surface area contributed by atoms with Crippen LogP contribution in [0.4, 0.5) is 4.39 Å². The molecule has 112 valence electrons. The van der Waals surface area contributed by atoms with Crippen LogP contribution < -0.4 is 10.5 Å². The molecular formula is C12H13FN4O2S2. The largest absolute Gasteiger partial charge is 0.389 e. The van der Waals surface area contributed by atoms with E-state index in [1.54, 1.807) is 6.92 Å². The molecule has 0 fully saturated rings. The SMILES string of the molecule is Cc1[nH]ncc1CNS(=O)(=O)c1cccc(F)c1C(N)=S. The standard InChI is InChI=1S/C12H13FN4O2S2/c1-7-8(5-15-17-7)6-16-21(18,19)10-4-2-3-9(13)11(10)12(14)20/h2-5,16H,6H2,1H3,(H2,14,20)(H,15,17). The fraction of sp³-hybridized carbons (Fsp3) is 0.167. The maximum atomic E-state index is 13.7. The number of aromatic nitrogens is 2. The fourth-order valence-corrected chi connectivity index (χ4v) is 3.28. The number of sulfonamides is 1. The van der Waals surface area contributed by atoms with Gasteiger partial charge in [0, 0.05) is 17.8 Å². The number of halogens is 1. The molecule has 0 aliphatic rings. The van der Waals surface area contributed by atoms with E-state index in [0.29, 0.717) is 5.56 Å². The molecule has 0 atom stereocenters. The van der Waals surface area contributed by atoms with Gasteiger partial charge >= 0.3 is 0 Å². The second-order valence-electron chi connectivity index (χ2n) is 4.32. The van der Waals surface area contributed by atoms with Gasteiger partial charge in [-0.1, -0.05) is 18.3 Å². The van der Waals surface area contributed by atoms with E-state index in [1.165, 1.54) is 18.3 Å². The molecule has 4 N–H and O–H groups in total. The zero-order chi connectivity index (χ0) is 15.6. The number of aromatic amines is 1. The summed E-state index contributed by atoms with van der Waals surface area (Å²) in [6, 6.07) is 3.64. The Morgan fingerprint density at radius 2 is 2.24 bits per heavy atom. The van der Waals surface area contributed by atoms with Crippen molar-refractivity contribution in [3.63, 3.8) is 0 Å². The molecule has 21 heavy (non-hydrogen) atoms. The monoisotopic (exact) mass is 328 g/mol. The van der Waals surface area contributed by atoms with Crippen LogP contribution in [0.2, 0.25) is 0 Å². The van der Waals surface area contributed by atoms with Crippen LogP contribution in [0.15, 0.2) is 29.3 Å². The van der Waals surface area contributed by atoms with E-state index in [2.05, 4.69) is 14.9 Å². The molecule has 0 spiro atoms. The number of rotatable bonds is 5. The van der Waals surface area contributed by atoms with Crippen LogP contribution in [0.5, 0.6) is 0 Å². The lowest BCUT2D eigenvalue weighted by molar-refractivity contribution is 0.576. The fourth-order valence-electron chi connectivity index (χ4n) is 1.77. The zero-order valence-corrected chi connectivity index (χ0v) is 12.7. The highest BCUT2D eigenvalue weighted by Gasteiger charge is 2.22. The van der Waals surface area contributed by atoms with Gasteiger partial charge in [0.2, 0.25) is 10.0 Å². The molecule has 0 amide bonds. The van der Waals surface area contributed by atoms with E-state index in [0.717, 1.165) is 11.8 Å². The zero-order valence-electron chi connectivity index (χ0n) is 11.1. The van der Waals surface area contributed by atoms with E-state index in [9.17, 15) is 12.8 Å². The third-order valence-electron chi connectivity index (χ3n) is 2.90. The Morgan fingerprint density at radius 1 is 1.52 bits per heavy atom. The quantitative estimate of drug-likeness (QED) is 0.710. The van der Waals surface area contributed by atoms with Crippen molar-refractivity contribution in [1.29, 1.82) is 0 Å². The topological polar surface area (TPSA) is 101 Å². The second kappa shape index (κ2) is 5.88. The number of thiocarbonyl (C=S) groups is 1. The maximum absolute atomic E-state index is 13.7. The van der Waals surface area contributed by atoms with Gasteiger partial charge in [-0.2, -0.15) is 5.10 Å². The van der Waals surface area contributed by atoms with Crippen LogP contribution in [-0.4, -0.2) is 23.6 Å². The third kappa shape index (κ3) is 3.26. The smallest absolute Gasteiger partial charge is 0.241 e. The number of hydrogen-bond donors (Lipinski definition) is 3. The molecule has 1 aromatic heterocycles. The van der Waals surface area contributed by atoms with Crippen molar-refractivity contribution in [3.8, 4) is 0 Å². The molecule has 0 saturated heterocycles. The number of H-pyrrole nitrogens is 1. The Morgan fingerprint density at radius 3 is 2.81 bits per heavy atom. The first-order chi connectivity index (χ1) is 9.83. The number of hydrogen-bond acceptors (Lipinski definition) is 4. The van der Waals surface area contributed by atoms with Crippen LogP contribution in [0.1, 0.15) is 16.8 Å². The van der Waals surface area contributed by atoms with E-state index < -0.39 is 15.8 Å². The van der Waals surface area contributed by atoms with E-state index >= 15 is 0 Å². The van der Waals surface area contributed by atoms with Gasteiger partial charge in [0.1, 0.15) is 10.8 Å². The summed E-state index contributed by atoms with van der Waals surface area (Å²) in [5.74, 6) is -0.773. The van der Waals surface area contributed by atoms with Crippen LogP contribution >= 0.6 is 12.2 Å². The van der Waals surface area contributed by atoms with Gasteiger partial charge in [-0.05, 0) is 19.1 Å². The minimum Gasteiger partial charge on any atom is -0.389 e. The van der Waals surface area contributed by atoms with Crippen LogP contribution in [0, 0.1) is 12.7 Å². The van der Waals surface area contributed by atoms with Gasteiger partial charge in [0.15, 0.2) is 0 Å². The number of nitrogens with one attached hydrogen (secondary N) is 2. The van der Waals surface area contributed by atoms with Gasteiger partial charge in [-0.25, -0.2) is 17.5 Å². The summed E-state index contributed by atoms with van der Waals surface area (Å²) in [4.78, 5) is -0.593. The van der Waals surface area contributed by atoms with Gasteiger partial charge < -0.3 is 5.73 Å². The summed E-state index contributed by atoms with van der Waals surface area (Å²) < 4.78 is 40.7. The van der Waals surface area contributed by atoms with Crippen LogP contribution in [0.25, 0.3) is 0 Å². The summed E-state index contributed by atoms with van der Waals surface area (Å²) in [6.45, 7) is 1.79. The van der Waals surface area contributed by atoms with Crippen molar-refractivity contribution in [1.82, 2.24) is 14.9 Å². The van der Waals surface area contributed by atoms with Gasteiger partial charge in [0.05, 0.1) is 16.7 Å². The Labute approximate surface area is 126 Å². The molecule has 0 saturated carbocycles. The lowest BCUT2D eigenvalue weighted by atomic mass is 10.2. The molecule has 0 aliphatic heterocycles. The molecule has 0 bridgehead atoms. The molecule has 2 aromatic rings. The Balaban J connectivity index is 2.34. The van der Waals surface area contributed by atoms with Gasteiger partial charge in [-0.15, -0.1) is 0 Å². The Hall–Kier alpha value is -1.84. The molecule has 0 aliphatic carbocycles. The van der Waals surface area contributed by atoms with Crippen molar-refractivity contribution >= 4 is 27.2 Å². The molecular weight excluding hydrogens is 315 g/mol. The van der Waals surface area contributed by atoms with Crippen molar-refractivity contribution in [3.05, 3.63) is 47.0 Å². The summed E-state index contributed by atoms with van der Waals surface area (Å²) in [5.41, 5.74) is 6.55. The predicted octanol–water partition coefficient (Wildman–Crippen LogP) is 0.970. The second-order valence-corrected chi connectivity index (χ2v) is 6.50. The summed E-state index contributed by atoms with van der Waals surface area (Å²) >= 11 is 4.72. The summed E-state index contributed by atoms with van der Waals surface area (Å²) in [6.07, 6.45) is 1.51. The van der Waals surface area contributed by atoms with E-state index in [4.69, 9.17) is 18.0 Å². The predicted molar refractivity (Wildman–Crippen MR) is 79.6 cm³/mol. The number of aryl methyl sites for hydroxylation is 1. The number of nitrogens with two attached hydrogens (primary N) is 1. The van der Waals surface area contributed by atoms with Crippen molar-refractivity contribution in [2.24, 2.45) is 5.73 Å². The molecule has 6 nitrogen and oxygen atoms in total. The lowest BCUT2D eigenvalue weighted by Gasteiger charge is -2.11. The summed E-state index contributed by atoms with van der Waals surface area (Å²) in [7, 11) is -3.95. The van der Waals surface area contributed by atoms with E-state index in [-0.39, 0.29) is 22.0 Å². The van der Waals surface area contributed by atoms with Crippen LogP contribution in [0.3, 0.4) is 0 Å². The first kappa shape index (κ1) is 15.5. The highest BCUT2D eigenvalue weighted by molar-refractivity contribution is 7.89. The molecule has 0 unspecified atom stereocenters. The Bertz CT molecular complexity index is 786.